The second kappa shape index (κ2) is 7.73. The largest absolute Gasteiger partial charge is 0.371 e. The first-order chi connectivity index (χ1) is 12.8. The van der Waals surface area contributed by atoms with Crippen LogP contribution in [0.4, 0.5) is 11.4 Å². The average molecular weight is 397 g/mol. The molecule has 1 aromatic carbocycles. The molecule has 1 aromatic rings. The summed E-state index contributed by atoms with van der Waals surface area (Å²) in [6.07, 6.45) is 6.53. The monoisotopic (exact) mass is 397 g/mol. The van der Waals surface area contributed by atoms with Crippen molar-refractivity contribution in [3.05, 3.63) is 28.3 Å². The number of sulfonamides is 1. The standard InChI is InChI=1S/C18H27N3O5S/c1-19(2)27(24,25)15-7-8-16(17(13-15)21(22)23)20-11-12-26-18(14-20)9-5-3-4-6-10-18/h7-8,13H,3-6,9-12,14H2,1-2H3. The summed E-state index contributed by atoms with van der Waals surface area (Å²) in [6.45, 7) is 1.69. The van der Waals surface area contributed by atoms with Crippen molar-refractivity contribution in [3.63, 3.8) is 0 Å². The Labute approximate surface area is 160 Å². The molecule has 1 heterocycles. The van der Waals surface area contributed by atoms with Gasteiger partial charge in [-0.2, -0.15) is 0 Å². The number of nitrogens with zero attached hydrogens (tertiary/aromatic N) is 3. The molecule has 8 nitrogen and oxygen atoms in total. The van der Waals surface area contributed by atoms with Gasteiger partial charge in [-0.05, 0) is 25.0 Å². The van der Waals surface area contributed by atoms with E-state index in [4.69, 9.17) is 4.74 Å². The van der Waals surface area contributed by atoms with Gasteiger partial charge >= 0.3 is 0 Å². The van der Waals surface area contributed by atoms with E-state index in [0.717, 1.165) is 30.0 Å². The summed E-state index contributed by atoms with van der Waals surface area (Å²) < 4.78 is 31.9. The number of nitro benzene ring substituents is 1. The molecule has 1 aliphatic heterocycles. The normalized spacial score (nSPS) is 20.6. The van der Waals surface area contributed by atoms with Crippen molar-refractivity contribution in [1.82, 2.24) is 4.31 Å². The Kier molecular flexibility index (Phi) is 5.73. The Hall–Kier alpha value is -1.71. The number of morpholine rings is 1. The summed E-state index contributed by atoms with van der Waals surface area (Å²) in [5.41, 5.74) is 0.0324. The second-order valence-corrected chi connectivity index (χ2v) is 9.71. The van der Waals surface area contributed by atoms with E-state index in [0.29, 0.717) is 25.4 Å². The highest BCUT2D eigenvalue weighted by molar-refractivity contribution is 7.89. The lowest BCUT2D eigenvalue weighted by atomic mass is 9.92. The van der Waals surface area contributed by atoms with Crippen molar-refractivity contribution in [3.8, 4) is 0 Å². The van der Waals surface area contributed by atoms with Gasteiger partial charge in [-0.15, -0.1) is 0 Å². The van der Waals surface area contributed by atoms with Gasteiger partial charge < -0.3 is 9.64 Å². The zero-order valence-corrected chi connectivity index (χ0v) is 16.7. The van der Waals surface area contributed by atoms with Gasteiger partial charge in [-0.3, -0.25) is 10.1 Å². The fourth-order valence-electron chi connectivity index (χ4n) is 4.01. The maximum Gasteiger partial charge on any atom is 0.293 e. The minimum absolute atomic E-state index is 0.0691. The van der Waals surface area contributed by atoms with Gasteiger partial charge in [-0.25, -0.2) is 12.7 Å². The third kappa shape index (κ3) is 4.09. The van der Waals surface area contributed by atoms with E-state index < -0.39 is 14.9 Å². The van der Waals surface area contributed by atoms with E-state index in [1.807, 2.05) is 4.90 Å². The predicted molar refractivity (Wildman–Crippen MR) is 103 cm³/mol. The molecule has 150 valence electrons. The van der Waals surface area contributed by atoms with Crippen molar-refractivity contribution in [2.24, 2.45) is 0 Å². The van der Waals surface area contributed by atoms with E-state index >= 15 is 0 Å². The lowest BCUT2D eigenvalue weighted by Crippen LogP contribution is -2.52. The molecule has 0 amide bonds. The summed E-state index contributed by atoms with van der Waals surface area (Å²) in [6, 6.07) is 4.18. The van der Waals surface area contributed by atoms with E-state index in [9.17, 15) is 18.5 Å². The first-order valence-corrected chi connectivity index (χ1v) is 10.8. The molecule has 1 spiro atoms. The van der Waals surface area contributed by atoms with Gasteiger partial charge in [0.1, 0.15) is 5.69 Å². The molecular weight excluding hydrogens is 370 g/mol. The quantitative estimate of drug-likeness (QED) is 0.573. The summed E-state index contributed by atoms with van der Waals surface area (Å²) in [5.74, 6) is 0. The van der Waals surface area contributed by atoms with Crippen LogP contribution in [0.25, 0.3) is 0 Å². The van der Waals surface area contributed by atoms with Crippen LogP contribution in [0.1, 0.15) is 38.5 Å². The molecule has 2 aliphatic rings. The lowest BCUT2D eigenvalue weighted by Gasteiger charge is -2.43. The number of hydrogen-bond donors (Lipinski definition) is 0. The fourth-order valence-corrected chi connectivity index (χ4v) is 4.94. The number of anilines is 1. The van der Waals surface area contributed by atoms with E-state index in [-0.39, 0.29) is 16.2 Å². The molecule has 2 fully saturated rings. The molecule has 0 atom stereocenters. The molecule has 3 rings (SSSR count). The summed E-state index contributed by atoms with van der Waals surface area (Å²) in [5, 5.41) is 11.7. The van der Waals surface area contributed by atoms with Crippen LogP contribution in [-0.4, -0.2) is 57.0 Å². The summed E-state index contributed by atoms with van der Waals surface area (Å²) in [4.78, 5) is 13.1. The van der Waals surface area contributed by atoms with Crippen molar-refractivity contribution in [2.45, 2.75) is 49.0 Å². The van der Waals surface area contributed by atoms with Crippen LogP contribution in [0.5, 0.6) is 0 Å². The van der Waals surface area contributed by atoms with Gasteiger partial charge in [0.25, 0.3) is 5.69 Å². The molecule has 0 bridgehead atoms. The molecule has 0 unspecified atom stereocenters. The van der Waals surface area contributed by atoms with Crippen LogP contribution in [0.2, 0.25) is 0 Å². The fraction of sp³-hybridized carbons (Fsp3) is 0.667. The number of nitro groups is 1. The van der Waals surface area contributed by atoms with Crippen LogP contribution in [-0.2, 0) is 14.8 Å². The molecule has 1 saturated carbocycles. The molecular formula is C18H27N3O5S. The molecule has 0 N–H and O–H groups in total. The Bertz CT molecular complexity index is 801. The molecule has 0 aromatic heterocycles. The predicted octanol–water partition coefficient (Wildman–Crippen LogP) is 2.77. The van der Waals surface area contributed by atoms with Crippen molar-refractivity contribution < 1.29 is 18.1 Å². The summed E-state index contributed by atoms with van der Waals surface area (Å²) in [7, 11) is -0.907. The molecule has 9 heteroatoms. The minimum Gasteiger partial charge on any atom is -0.371 e. The second-order valence-electron chi connectivity index (χ2n) is 7.56. The molecule has 1 saturated heterocycles. The first-order valence-electron chi connectivity index (χ1n) is 9.35. The Morgan fingerprint density at radius 2 is 1.85 bits per heavy atom. The van der Waals surface area contributed by atoms with E-state index in [1.54, 1.807) is 6.07 Å². The molecule has 0 radical (unpaired) electrons. The molecule has 27 heavy (non-hydrogen) atoms. The Morgan fingerprint density at radius 3 is 2.44 bits per heavy atom. The average Bonchev–Trinajstić information content (AvgIpc) is 2.86. The van der Waals surface area contributed by atoms with Crippen molar-refractivity contribution >= 4 is 21.4 Å². The summed E-state index contributed by atoms with van der Waals surface area (Å²) >= 11 is 0. The van der Waals surface area contributed by atoms with E-state index in [1.165, 1.54) is 39.1 Å². The van der Waals surface area contributed by atoms with Crippen LogP contribution in [0, 0.1) is 10.1 Å². The van der Waals surface area contributed by atoms with E-state index in [2.05, 4.69) is 0 Å². The van der Waals surface area contributed by atoms with Gasteiger partial charge in [-0.1, -0.05) is 25.7 Å². The SMILES string of the molecule is CN(C)S(=O)(=O)c1ccc(N2CCOC3(CCCCCC3)C2)c([N+](=O)[O-])c1. The number of hydrogen-bond acceptors (Lipinski definition) is 6. The Balaban J connectivity index is 1.94. The maximum atomic E-state index is 12.3. The topological polar surface area (TPSA) is 93.0 Å². The first kappa shape index (κ1) is 20.0. The van der Waals surface area contributed by atoms with Crippen LogP contribution < -0.4 is 4.90 Å². The van der Waals surface area contributed by atoms with Crippen LogP contribution in [0.3, 0.4) is 0 Å². The van der Waals surface area contributed by atoms with Gasteiger partial charge in [0.05, 0.1) is 22.0 Å². The third-order valence-corrected chi connectivity index (χ3v) is 7.34. The van der Waals surface area contributed by atoms with Crippen LogP contribution in [0.15, 0.2) is 23.1 Å². The lowest BCUT2D eigenvalue weighted by molar-refractivity contribution is -0.384. The smallest absolute Gasteiger partial charge is 0.293 e. The molecule has 1 aliphatic carbocycles. The highest BCUT2D eigenvalue weighted by atomic mass is 32.2. The highest BCUT2D eigenvalue weighted by Gasteiger charge is 2.38. The maximum absolute atomic E-state index is 12.3. The zero-order chi connectivity index (χ0) is 19.7. The highest BCUT2D eigenvalue weighted by Crippen LogP contribution is 2.38. The minimum atomic E-state index is -3.73. The van der Waals surface area contributed by atoms with Crippen LogP contribution >= 0.6 is 0 Å². The van der Waals surface area contributed by atoms with Crippen molar-refractivity contribution in [1.29, 1.82) is 0 Å². The zero-order valence-electron chi connectivity index (χ0n) is 15.9. The number of benzene rings is 1. The van der Waals surface area contributed by atoms with Gasteiger partial charge in [0.15, 0.2) is 0 Å². The van der Waals surface area contributed by atoms with Crippen molar-refractivity contribution in [2.75, 3.05) is 38.7 Å². The van der Waals surface area contributed by atoms with Gasteiger partial charge in [0.2, 0.25) is 10.0 Å². The Morgan fingerprint density at radius 1 is 1.19 bits per heavy atom. The number of ether oxygens (including phenoxy) is 1. The third-order valence-electron chi connectivity index (χ3n) is 5.53. The number of rotatable bonds is 4. The van der Waals surface area contributed by atoms with Gasteiger partial charge in [0, 0.05) is 33.3 Å².